The van der Waals surface area contributed by atoms with Crippen molar-refractivity contribution in [3.8, 4) is 0 Å². The van der Waals surface area contributed by atoms with E-state index in [-0.39, 0.29) is 17.0 Å². The lowest BCUT2D eigenvalue weighted by Gasteiger charge is -2.35. The van der Waals surface area contributed by atoms with Crippen LogP contribution < -0.4 is 10.6 Å². The van der Waals surface area contributed by atoms with E-state index in [0.717, 1.165) is 32.4 Å². The number of amides is 1. The first kappa shape index (κ1) is 14.5. The number of benzene rings is 1. The largest absolute Gasteiger partial charge is 0.323 e. The van der Waals surface area contributed by atoms with Crippen LogP contribution in [-0.2, 0) is 4.79 Å². The van der Waals surface area contributed by atoms with Crippen molar-refractivity contribution in [1.82, 2.24) is 5.32 Å². The monoisotopic (exact) mass is 328 g/mol. The zero-order valence-electron chi connectivity index (χ0n) is 10.9. The van der Waals surface area contributed by atoms with Crippen LogP contribution in [0.4, 0.5) is 10.1 Å². The normalized spacial score (nSPS) is 18.1. The van der Waals surface area contributed by atoms with Crippen LogP contribution >= 0.6 is 15.9 Å². The molecule has 2 rings (SSSR count). The molecule has 2 N–H and O–H groups in total. The Balaban J connectivity index is 2.15. The van der Waals surface area contributed by atoms with Gasteiger partial charge in [-0.25, -0.2) is 4.39 Å². The molecule has 0 unspecified atom stereocenters. The number of piperidine rings is 1. The van der Waals surface area contributed by atoms with E-state index >= 15 is 0 Å². The molecule has 0 bridgehead atoms. The van der Waals surface area contributed by atoms with Crippen molar-refractivity contribution < 1.29 is 9.18 Å². The SMILES string of the molecule is CCC1(C(=O)Nc2ccc(Br)cc2F)CCNCC1. The third kappa shape index (κ3) is 3.15. The smallest absolute Gasteiger partial charge is 0.230 e. The fraction of sp³-hybridized carbons (Fsp3) is 0.500. The Morgan fingerprint density at radius 1 is 1.47 bits per heavy atom. The molecule has 1 aromatic carbocycles. The molecule has 1 saturated heterocycles. The number of carbonyl (C=O) groups is 1. The molecule has 3 nitrogen and oxygen atoms in total. The van der Waals surface area contributed by atoms with Crippen molar-refractivity contribution in [2.24, 2.45) is 5.41 Å². The highest BCUT2D eigenvalue weighted by atomic mass is 79.9. The van der Waals surface area contributed by atoms with Gasteiger partial charge in [-0.3, -0.25) is 4.79 Å². The lowest BCUT2D eigenvalue weighted by molar-refractivity contribution is -0.127. The number of hydrogen-bond donors (Lipinski definition) is 2. The first-order valence-electron chi connectivity index (χ1n) is 6.54. The van der Waals surface area contributed by atoms with Gasteiger partial charge in [0.25, 0.3) is 0 Å². The molecular weight excluding hydrogens is 311 g/mol. The van der Waals surface area contributed by atoms with Crippen molar-refractivity contribution in [3.05, 3.63) is 28.5 Å². The Hall–Kier alpha value is -0.940. The standard InChI is InChI=1S/C14H18BrFN2O/c1-2-14(5-7-17-8-6-14)13(19)18-12-4-3-10(15)9-11(12)16/h3-4,9,17H,2,5-8H2,1H3,(H,18,19). The fourth-order valence-electron chi connectivity index (χ4n) is 2.49. The van der Waals surface area contributed by atoms with E-state index in [1.165, 1.54) is 6.07 Å². The maximum atomic E-state index is 13.7. The zero-order valence-corrected chi connectivity index (χ0v) is 12.5. The van der Waals surface area contributed by atoms with Gasteiger partial charge in [0.15, 0.2) is 0 Å². The molecule has 1 amide bonds. The Kier molecular flexibility index (Phi) is 4.58. The van der Waals surface area contributed by atoms with E-state index in [2.05, 4.69) is 26.6 Å². The van der Waals surface area contributed by atoms with E-state index in [9.17, 15) is 9.18 Å². The van der Waals surface area contributed by atoms with Crippen LogP contribution in [0.15, 0.2) is 22.7 Å². The fourth-order valence-corrected chi connectivity index (χ4v) is 2.83. The lowest BCUT2D eigenvalue weighted by atomic mass is 9.76. The van der Waals surface area contributed by atoms with Crippen LogP contribution in [0.25, 0.3) is 0 Å². The minimum absolute atomic E-state index is 0.0716. The molecule has 0 spiro atoms. The number of nitrogens with one attached hydrogen (secondary N) is 2. The van der Waals surface area contributed by atoms with E-state index in [1.54, 1.807) is 12.1 Å². The molecule has 5 heteroatoms. The zero-order chi connectivity index (χ0) is 13.9. The maximum Gasteiger partial charge on any atom is 0.230 e. The summed E-state index contributed by atoms with van der Waals surface area (Å²) in [5.74, 6) is -0.486. The Labute approximate surface area is 121 Å². The van der Waals surface area contributed by atoms with Gasteiger partial charge in [0, 0.05) is 4.47 Å². The Bertz CT molecular complexity index is 473. The van der Waals surface area contributed by atoms with Gasteiger partial charge >= 0.3 is 0 Å². The maximum absolute atomic E-state index is 13.7. The summed E-state index contributed by atoms with van der Waals surface area (Å²) in [5.41, 5.74) is -0.121. The minimum Gasteiger partial charge on any atom is -0.323 e. The van der Waals surface area contributed by atoms with Crippen LogP contribution in [0.3, 0.4) is 0 Å². The van der Waals surface area contributed by atoms with Gasteiger partial charge in [-0.2, -0.15) is 0 Å². The summed E-state index contributed by atoms with van der Waals surface area (Å²) in [4.78, 5) is 12.4. The second-order valence-corrected chi connectivity index (χ2v) is 5.88. The summed E-state index contributed by atoms with van der Waals surface area (Å²) in [5, 5.41) is 5.99. The summed E-state index contributed by atoms with van der Waals surface area (Å²) in [6.45, 7) is 3.69. The number of hydrogen-bond acceptors (Lipinski definition) is 2. The summed E-state index contributed by atoms with van der Waals surface area (Å²) < 4.78 is 14.4. The molecule has 0 atom stereocenters. The molecule has 104 valence electrons. The van der Waals surface area contributed by atoms with Crippen molar-refractivity contribution in [2.75, 3.05) is 18.4 Å². The molecule has 0 aromatic heterocycles. The highest BCUT2D eigenvalue weighted by Gasteiger charge is 2.37. The third-order valence-corrected chi connectivity index (χ3v) is 4.39. The van der Waals surface area contributed by atoms with Crippen molar-refractivity contribution in [1.29, 1.82) is 0 Å². The van der Waals surface area contributed by atoms with Gasteiger partial charge in [0.2, 0.25) is 5.91 Å². The quantitative estimate of drug-likeness (QED) is 0.893. The highest BCUT2D eigenvalue weighted by Crippen LogP contribution is 2.34. The molecule has 19 heavy (non-hydrogen) atoms. The van der Waals surface area contributed by atoms with Gasteiger partial charge in [-0.15, -0.1) is 0 Å². The van der Waals surface area contributed by atoms with Crippen LogP contribution in [0.1, 0.15) is 26.2 Å². The van der Waals surface area contributed by atoms with E-state index < -0.39 is 5.82 Å². The van der Waals surface area contributed by atoms with Gasteiger partial charge in [0.1, 0.15) is 5.82 Å². The third-order valence-electron chi connectivity index (χ3n) is 3.90. The number of carbonyl (C=O) groups excluding carboxylic acids is 1. The molecular formula is C14H18BrFN2O. The number of anilines is 1. The topological polar surface area (TPSA) is 41.1 Å². The predicted octanol–water partition coefficient (Wildman–Crippen LogP) is 3.31. The van der Waals surface area contributed by atoms with Gasteiger partial charge in [0.05, 0.1) is 11.1 Å². The van der Waals surface area contributed by atoms with Crippen molar-refractivity contribution >= 4 is 27.5 Å². The molecule has 0 radical (unpaired) electrons. The first-order valence-corrected chi connectivity index (χ1v) is 7.34. The second kappa shape index (κ2) is 6.01. The van der Waals surface area contributed by atoms with Gasteiger partial charge < -0.3 is 10.6 Å². The Morgan fingerprint density at radius 2 is 2.16 bits per heavy atom. The number of halogens is 2. The predicted molar refractivity (Wildman–Crippen MR) is 77.6 cm³/mol. The van der Waals surface area contributed by atoms with Crippen LogP contribution in [0, 0.1) is 11.2 Å². The van der Waals surface area contributed by atoms with Crippen LogP contribution in [0.2, 0.25) is 0 Å². The lowest BCUT2D eigenvalue weighted by Crippen LogP contribution is -2.44. The summed E-state index contributed by atoms with van der Waals surface area (Å²) in [7, 11) is 0. The van der Waals surface area contributed by atoms with Crippen molar-refractivity contribution in [2.45, 2.75) is 26.2 Å². The minimum atomic E-state index is -0.414. The van der Waals surface area contributed by atoms with E-state index in [0.29, 0.717) is 4.47 Å². The highest BCUT2D eigenvalue weighted by molar-refractivity contribution is 9.10. The molecule has 1 heterocycles. The molecule has 1 fully saturated rings. The molecule has 1 aliphatic heterocycles. The first-order chi connectivity index (χ1) is 9.07. The molecule has 1 aromatic rings. The van der Waals surface area contributed by atoms with Crippen LogP contribution in [0.5, 0.6) is 0 Å². The van der Waals surface area contributed by atoms with Crippen molar-refractivity contribution in [3.63, 3.8) is 0 Å². The number of rotatable bonds is 3. The van der Waals surface area contributed by atoms with Gasteiger partial charge in [-0.05, 0) is 50.6 Å². The second-order valence-electron chi connectivity index (χ2n) is 4.96. The summed E-state index contributed by atoms with van der Waals surface area (Å²) in [6.07, 6.45) is 2.37. The van der Waals surface area contributed by atoms with E-state index in [4.69, 9.17) is 0 Å². The summed E-state index contributed by atoms with van der Waals surface area (Å²) in [6, 6.07) is 4.66. The summed E-state index contributed by atoms with van der Waals surface area (Å²) >= 11 is 3.20. The van der Waals surface area contributed by atoms with Crippen LogP contribution in [-0.4, -0.2) is 19.0 Å². The Morgan fingerprint density at radius 3 is 2.74 bits per heavy atom. The molecule has 1 aliphatic rings. The van der Waals surface area contributed by atoms with E-state index in [1.807, 2.05) is 6.92 Å². The average molecular weight is 329 g/mol. The average Bonchev–Trinajstić information content (AvgIpc) is 2.42. The van der Waals surface area contributed by atoms with Gasteiger partial charge in [-0.1, -0.05) is 22.9 Å². The molecule has 0 saturated carbocycles. The molecule has 0 aliphatic carbocycles.